The smallest absolute Gasteiger partial charge is 0.308 e. The van der Waals surface area contributed by atoms with Crippen LogP contribution in [0.3, 0.4) is 0 Å². The molecule has 0 fully saturated rings. The molecule has 0 saturated carbocycles. The van der Waals surface area contributed by atoms with E-state index >= 15 is 0 Å². The second-order valence-electron chi connectivity index (χ2n) is 4.96. The Labute approximate surface area is 103 Å². The Bertz CT molecular complexity index is 284. The van der Waals surface area contributed by atoms with E-state index in [4.69, 9.17) is 5.26 Å². The molecular weight excluding hydrogens is 220 g/mol. The van der Waals surface area contributed by atoms with Crippen LogP contribution in [-0.2, 0) is 4.79 Å². The Kier molecular flexibility index (Phi) is 6.78. The van der Waals surface area contributed by atoms with Crippen LogP contribution in [0.5, 0.6) is 0 Å². The number of carboxylic acids is 1. The summed E-state index contributed by atoms with van der Waals surface area (Å²) < 4.78 is -0.0707. The van der Waals surface area contributed by atoms with Crippen molar-refractivity contribution < 1.29 is 19.5 Å². The number of unbranched alkanes of at least 4 members (excludes halogenated alkanes) is 2. The van der Waals surface area contributed by atoms with Crippen LogP contribution in [0, 0.1) is 17.4 Å². The lowest BCUT2D eigenvalue weighted by Crippen LogP contribution is -2.48. The zero-order valence-electron chi connectivity index (χ0n) is 10.8. The fraction of sp³-hybridized carbons (Fsp3) is 0.833. The molecule has 0 heterocycles. The van der Waals surface area contributed by atoms with Gasteiger partial charge in [0, 0.05) is 11.9 Å². The predicted molar refractivity (Wildman–Crippen MR) is 61.2 cm³/mol. The maximum Gasteiger partial charge on any atom is 0.308 e. The summed E-state index contributed by atoms with van der Waals surface area (Å²) in [5.41, 5.74) is 0. The molecule has 0 aliphatic rings. The van der Waals surface area contributed by atoms with Gasteiger partial charge >= 0.3 is 6.19 Å². The van der Waals surface area contributed by atoms with Crippen LogP contribution in [0.4, 0.5) is 0 Å². The summed E-state index contributed by atoms with van der Waals surface area (Å²) in [6.07, 6.45) is 4.06. The molecule has 0 aromatic rings. The van der Waals surface area contributed by atoms with Crippen molar-refractivity contribution in [3.63, 3.8) is 0 Å². The van der Waals surface area contributed by atoms with Crippen LogP contribution in [0.2, 0.25) is 0 Å². The fourth-order valence-corrected chi connectivity index (χ4v) is 1.72. The van der Waals surface area contributed by atoms with Gasteiger partial charge in [-0.3, -0.25) is 0 Å². The zero-order chi connectivity index (χ0) is 13.5. The highest BCUT2D eigenvalue weighted by atomic mass is 16.4. The summed E-state index contributed by atoms with van der Waals surface area (Å²) in [7, 11) is 3.25. The van der Waals surface area contributed by atoms with E-state index in [1.807, 2.05) is 13.1 Å². The number of aliphatic hydroxyl groups excluding tert-OH is 1. The van der Waals surface area contributed by atoms with Crippen molar-refractivity contribution in [2.24, 2.45) is 5.92 Å². The van der Waals surface area contributed by atoms with Gasteiger partial charge in [0.25, 0.3) is 0 Å². The number of likely N-dealkylation sites (N-methyl/N-ethyl adjacent to an activating group) is 1. The van der Waals surface area contributed by atoms with Crippen LogP contribution in [0.1, 0.15) is 32.6 Å². The number of nitrogens with zero attached hydrogens (tertiary/aromatic N) is 2. The Morgan fingerprint density at radius 1 is 1.47 bits per heavy atom. The average Bonchev–Trinajstić information content (AvgIpc) is 2.23. The molecular formula is C12H22N2O3. The first-order valence-corrected chi connectivity index (χ1v) is 5.97. The van der Waals surface area contributed by atoms with Gasteiger partial charge in [0.1, 0.15) is 12.6 Å². The summed E-state index contributed by atoms with van der Waals surface area (Å²) in [5.74, 6) is -2.11. The number of hydrogen-bond donors (Lipinski definition) is 1. The van der Waals surface area contributed by atoms with Crippen LogP contribution in [-0.4, -0.2) is 42.3 Å². The number of quaternary nitrogens is 1. The minimum Gasteiger partial charge on any atom is -0.550 e. The minimum atomic E-state index is -1.23. The van der Waals surface area contributed by atoms with Gasteiger partial charge in [-0.25, -0.2) is 4.48 Å². The number of carbonyl (C=O) groups is 1. The molecule has 0 radical (unpaired) electrons. The van der Waals surface area contributed by atoms with Gasteiger partial charge in [-0.1, -0.05) is 26.2 Å². The van der Waals surface area contributed by atoms with Crippen LogP contribution < -0.4 is 5.11 Å². The summed E-state index contributed by atoms with van der Waals surface area (Å²) in [6.45, 7) is 2.13. The topological polar surface area (TPSA) is 84.2 Å². The second kappa shape index (κ2) is 7.25. The van der Waals surface area contributed by atoms with Gasteiger partial charge in [-0.05, 0) is 6.42 Å². The molecule has 0 rings (SSSR count). The third-order valence-electron chi connectivity index (χ3n) is 2.80. The molecule has 0 spiro atoms. The largest absolute Gasteiger partial charge is 0.550 e. The van der Waals surface area contributed by atoms with E-state index in [1.165, 1.54) is 0 Å². The van der Waals surface area contributed by atoms with Gasteiger partial charge in [0.15, 0.2) is 0 Å². The summed E-state index contributed by atoms with van der Waals surface area (Å²) in [5, 5.41) is 29.6. The van der Waals surface area contributed by atoms with E-state index in [0.717, 1.165) is 19.3 Å². The highest BCUT2D eigenvalue weighted by molar-refractivity contribution is 5.68. The van der Waals surface area contributed by atoms with E-state index in [2.05, 4.69) is 0 Å². The Hall–Kier alpha value is -1.12. The number of aliphatic carboxylic acids is 1. The van der Waals surface area contributed by atoms with Crippen molar-refractivity contribution in [1.29, 1.82) is 5.26 Å². The standard InChI is InChI=1S/C12H22N2O3/c1-4-5-6-7-10(12(16)17)11(15)8-14(2,3)9-13/h10-11,15H,4-8H2,1-3H3. The molecule has 17 heavy (non-hydrogen) atoms. The van der Waals surface area contributed by atoms with E-state index in [-0.39, 0.29) is 11.0 Å². The van der Waals surface area contributed by atoms with Crippen LogP contribution in [0.25, 0.3) is 0 Å². The lowest BCUT2D eigenvalue weighted by Gasteiger charge is -2.28. The van der Waals surface area contributed by atoms with Crippen molar-refractivity contribution >= 4 is 5.97 Å². The van der Waals surface area contributed by atoms with Gasteiger partial charge < -0.3 is 15.0 Å². The number of rotatable bonds is 8. The Morgan fingerprint density at radius 3 is 2.47 bits per heavy atom. The number of hydrogen-bond acceptors (Lipinski definition) is 4. The lowest BCUT2D eigenvalue weighted by molar-refractivity contribution is -0.828. The molecule has 5 nitrogen and oxygen atoms in total. The van der Waals surface area contributed by atoms with Crippen LogP contribution >= 0.6 is 0 Å². The number of carbonyl (C=O) groups excluding carboxylic acids is 1. The SMILES string of the molecule is CCCCCC(C(=O)[O-])C(O)C[N+](C)(C)C#N. The summed E-state index contributed by atoms with van der Waals surface area (Å²) >= 11 is 0. The first-order valence-electron chi connectivity index (χ1n) is 5.97. The van der Waals surface area contributed by atoms with Gasteiger partial charge in [0.2, 0.25) is 0 Å². The summed E-state index contributed by atoms with van der Waals surface area (Å²) in [6, 6.07) is 0. The highest BCUT2D eigenvalue weighted by Crippen LogP contribution is 2.16. The van der Waals surface area contributed by atoms with Crippen molar-refractivity contribution in [3.05, 3.63) is 0 Å². The molecule has 2 atom stereocenters. The van der Waals surface area contributed by atoms with Crippen molar-refractivity contribution in [2.75, 3.05) is 20.6 Å². The maximum atomic E-state index is 10.9. The van der Waals surface area contributed by atoms with Gasteiger partial charge in [-0.15, -0.1) is 5.26 Å². The molecule has 0 aromatic heterocycles. The Balaban J connectivity index is 4.40. The van der Waals surface area contributed by atoms with E-state index in [0.29, 0.717) is 6.42 Å². The average molecular weight is 242 g/mol. The first-order chi connectivity index (χ1) is 7.84. The van der Waals surface area contributed by atoms with Crippen molar-refractivity contribution in [2.45, 2.75) is 38.7 Å². The van der Waals surface area contributed by atoms with Gasteiger partial charge in [-0.2, -0.15) is 0 Å². The summed E-state index contributed by atoms with van der Waals surface area (Å²) in [4.78, 5) is 10.9. The highest BCUT2D eigenvalue weighted by Gasteiger charge is 2.28. The maximum absolute atomic E-state index is 10.9. The normalized spacial score (nSPS) is 15.0. The molecule has 5 heteroatoms. The molecule has 0 aliphatic heterocycles. The van der Waals surface area contributed by atoms with Crippen molar-refractivity contribution in [1.82, 2.24) is 0 Å². The molecule has 0 aliphatic carbocycles. The molecule has 98 valence electrons. The second-order valence-corrected chi connectivity index (χ2v) is 4.96. The molecule has 0 aromatic carbocycles. The van der Waals surface area contributed by atoms with E-state index in [9.17, 15) is 15.0 Å². The zero-order valence-corrected chi connectivity index (χ0v) is 10.8. The quantitative estimate of drug-likeness (QED) is 0.364. The van der Waals surface area contributed by atoms with E-state index in [1.54, 1.807) is 14.1 Å². The monoisotopic (exact) mass is 242 g/mol. The van der Waals surface area contributed by atoms with Crippen LogP contribution in [0.15, 0.2) is 0 Å². The molecule has 0 saturated heterocycles. The Morgan fingerprint density at radius 2 is 2.06 bits per heavy atom. The third kappa shape index (κ3) is 6.25. The van der Waals surface area contributed by atoms with Gasteiger partial charge in [0.05, 0.1) is 14.1 Å². The minimum absolute atomic E-state index is 0.0707. The lowest BCUT2D eigenvalue weighted by atomic mass is 9.95. The van der Waals surface area contributed by atoms with Crippen molar-refractivity contribution in [3.8, 4) is 6.19 Å². The number of carboxylic acid groups (broad SMARTS) is 1. The molecule has 0 bridgehead atoms. The predicted octanol–water partition coefficient (Wildman–Crippen LogP) is -0.149. The first kappa shape index (κ1) is 15.9. The molecule has 2 unspecified atom stereocenters. The molecule has 0 amide bonds. The van der Waals surface area contributed by atoms with E-state index < -0.39 is 18.0 Å². The third-order valence-corrected chi connectivity index (χ3v) is 2.80. The number of aliphatic hydroxyl groups is 1. The number of nitriles is 1. The fourth-order valence-electron chi connectivity index (χ4n) is 1.72. The molecule has 1 N–H and O–H groups in total.